The van der Waals surface area contributed by atoms with E-state index in [4.69, 9.17) is 22.1 Å². The van der Waals surface area contributed by atoms with Gasteiger partial charge in [0.25, 0.3) is 11.8 Å². The third-order valence-electron chi connectivity index (χ3n) is 2.46. The molecule has 1 atom stereocenters. The van der Waals surface area contributed by atoms with Crippen molar-refractivity contribution >= 4 is 39.9 Å². The summed E-state index contributed by atoms with van der Waals surface area (Å²) >= 11 is 6.84. The number of hydrogen-bond donors (Lipinski definition) is 2. The van der Waals surface area contributed by atoms with Gasteiger partial charge in [0.05, 0.1) is 6.20 Å². The SMILES string of the molecule is C[C@@H](Oc1cccc(Cl)c1)C(=O)Nc1ncc(C(N)=O)s1. The predicted molar refractivity (Wildman–Crippen MR) is 80.8 cm³/mol. The normalized spacial score (nSPS) is 11.7. The fourth-order valence-electron chi connectivity index (χ4n) is 1.45. The molecule has 2 rings (SSSR count). The number of nitrogens with zero attached hydrogens (tertiary/aromatic N) is 1. The molecule has 0 saturated carbocycles. The highest BCUT2D eigenvalue weighted by Crippen LogP contribution is 2.20. The van der Waals surface area contributed by atoms with Gasteiger partial charge in [-0.05, 0) is 25.1 Å². The molecule has 0 radical (unpaired) electrons. The van der Waals surface area contributed by atoms with E-state index < -0.39 is 12.0 Å². The van der Waals surface area contributed by atoms with Gasteiger partial charge in [0.1, 0.15) is 10.6 Å². The highest BCUT2D eigenvalue weighted by Gasteiger charge is 2.17. The Kier molecular flexibility index (Phi) is 4.77. The number of carbonyl (C=O) groups excluding carboxylic acids is 2. The average Bonchev–Trinajstić information content (AvgIpc) is 2.87. The lowest BCUT2D eigenvalue weighted by atomic mass is 10.3. The summed E-state index contributed by atoms with van der Waals surface area (Å²) < 4.78 is 5.47. The van der Waals surface area contributed by atoms with E-state index in [2.05, 4.69) is 10.3 Å². The molecule has 1 heterocycles. The van der Waals surface area contributed by atoms with E-state index in [1.807, 2.05) is 0 Å². The molecule has 2 aromatic rings. The number of carbonyl (C=O) groups is 2. The maximum Gasteiger partial charge on any atom is 0.266 e. The first-order chi connectivity index (χ1) is 9.95. The summed E-state index contributed by atoms with van der Waals surface area (Å²) in [6.45, 7) is 1.60. The Morgan fingerprint density at radius 2 is 2.24 bits per heavy atom. The number of hydrogen-bond acceptors (Lipinski definition) is 5. The predicted octanol–water partition coefficient (Wildman–Crippen LogP) is 2.30. The topological polar surface area (TPSA) is 94.3 Å². The highest BCUT2D eigenvalue weighted by atomic mass is 35.5. The van der Waals surface area contributed by atoms with Crippen molar-refractivity contribution in [3.05, 3.63) is 40.4 Å². The number of anilines is 1. The van der Waals surface area contributed by atoms with E-state index >= 15 is 0 Å². The maximum absolute atomic E-state index is 12.0. The monoisotopic (exact) mass is 325 g/mol. The Bertz CT molecular complexity index is 674. The second-order valence-electron chi connectivity index (χ2n) is 4.10. The minimum absolute atomic E-state index is 0.272. The first-order valence-corrected chi connectivity index (χ1v) is 7.14. The lowest BCUT2D eigenvalue weighted by Gasteiger charge is -2.13. The van der Waals surface area contributed by atoms with Crippen molar-refractivity contribution < 1.29 is 14.3 Å². The summed E-state index contributed by atoms with van der Waals surface area (Å²) in [6.07, 6.45) is 0.565. The van der Waals surface area contributed by atoms with Gasteiger partial charge in [-0.2, -0.15) is 0 Å². The van der Waals surface area contributed by atoms with Gasteiger partial charge < -0.3 is 10.5 Å². The Labute approximate surface area is 129 Å². The van der Waals surface area contributed by atoms with Crippen molar-refractivity contribution in [1.29, 1.82) is 0 Å². The Morgan fingerprint density at radius 1 is 1.48 bits per heavy atom. The molecule has 0 saturated heterocycles. The van der Waals surface area contributed by atoms with Crippen LogP contribution in [0.25, 0.3) is 0 Å². The fraction of sp³-hybridized carbons (Fsp3) is 0.154. The molecule has 0 spiro atoms. The van der Waals surface area contributed by atoms with Crippen LogP contribution in [-0.4, -0.2) is 22.9 Å². The number of nitrogens with two attached hydrogens (primary N) is 1. The van der Waals surface area contributed by atoms with Crippen molar-refractivity contribution in [2.45, 2.75) is 13.0 Å². The van der Waals surface area contributed by atoms with Crippen LogP contribution < -0.4 is 15.8 Å². The molecule has 0 unspecified atom stereocenters. The first kappa shape index (κ1) is 15.3. The summed E-state index contributed by atoms with van der Waals surface area (Å²) in [6, 6.07) is 6.74. The third-order valence-corrected chi connectivity index (χ3v) is 3.62. The highest BCUT2D eigenvalue weighted by molar-refractivity contribution is 7.17. The van der Waals surface area contributed by atoms with Crippen LogP contribution in [0.3, 0.4) is 0 Å². The minimum atomic E-state index is -0.746. The van der Waals surface area contributed by atoms with Crippen molar-refractivity contribution in [1.82, 2.24) is 4.98 Å². The molecule has 110 valence electrons. The van der Waals surface area contributed by atoms with E-state index in [-0.39, 0.29) is 15.9 Å². The number of amides is 2. The Hall–Kier alpha value is -2.12. The smallest absolute Gasteiger partial charge is 0.266 e. The van der Waals surface area contributed by atoms with E-state index in [0.717, 1.165) is 11.3 Å². The van der Waals surface area contributed by atoms with Crippen LogP contribution in [0.2, 0.25) is 5.02 Å². The lowest BCUT2D eigenvalue weighted by Crippen LogP contribution is -2.30. The van der Waals surface area contributed by atoms with Gasteiger partial charge in [-0.1, -0.05) is 29.0 Å². The average molecular weight is 326 g/mol. The number of halogens is 1. The Morgan fingerprint density at radius 3 is 2.86 bits per heavy atom. The lowest BCUT2D eigenvalue weighted by molar-refractivity contribution is -0.122. The molecule has 0 aliphatic rings. The largest absolute Gasteiger partial charge is 0.481 e. The first-order valence-electron chi connectivity index (χ1n) is 5.94. The van der Waals surface area contributed by atoms with E-state index in [1.54, 1.807) is 31.2 Å². The molecule has 0 fully saturated rings. The van der Waals surface area contributed by atoms with Gasteiger partial charge in [-0.3, -0.25) is 14.9 Å². The van der Waals surface area contributed by atoms with Crippen molar-refractivity contribution in [2.24, 2.45) is 5.73 Å². The van der Waals surface area contributed by atoms with Crippen LogP contribution in [0.4, 0.5) is 5.13 Å². The van der Waals surface area contributed by atoms with E-state index in [9.17, 15) is 9.59 Å². The molecule has 2 amide bonds. The zero-order chi connectivity index (χ0) is 15.4. The van der Waals surface area contributed by atoms with E-state index in [1.165, 1.54) is 6.20 Å². The molecule has 0 aliphatic heterocycles. The second-order valence-corrected chi connectivity index (χ2v) is 5.57. The van der Waals surface area contributed by atoms with Crippen LogP contribution in [-0.2, 0) is 4.79 Å². The number of primary amides is 1. The summed E-state index contributed by atoms with van der Waals surface area (Å²) in [5.74, 6) is -0.487. The second kappa shape index (κ2) is 6.55. The molecule has 0 bridgehead atoms. The molecule has 1 aromatic heterocycles. The van der Waals surface area contributed by atoms with Crippen molar-refractivity contribution in [3.8, 4) is 5.75 Å². The standard InChI is InChI=1S/C13H12ClN3O3S/c1-7(20-9-4-2-3-8(14)5-9)12(19)17-13-16-6-10(21-13)11(15)18/h2-7H,1H3,(H2,15,18)(H,16,17,19)/t7-/m1/s1. The maximum atomic E-state index is 12.0. The van der Waals surface area contributed by atoms with Crippen molar-refractivity contribution in [3.63, 3.8) is 0 Å². The molecule has 8 heteroatoms. The summed E-state index contributed by atoms with van der Waals surface area (Å²) in [7, 11) is 0. The van der Waals surface area contributed by atoms with Gasteiger partial charge in [-0.15, -0.1) is 0 Å². The summed E-state index contributed by atoms with van der Waals surface area (Å²) in [5, 5.41) is 3.36. The fourth-order valence-corrected chi connectivity index (χ4v) is 2.30. The number of nitrogens with one attached hydrogen (secondary N) is 1. The molecule has 0 aliphatic carbocycles. The van der Waals surface area contributed by atoms with Gasteiger partial charge in [-0.25, -0.2) is 4.98 Å². The quantitative estimate of drug-likeness (QED) is 0.881. The van der Waals surface area contributed by atoms with Crippen LogP contribution in [0.5, 0.6) is 5.75 Å². The van der Waals surface area contributed by atoms with Gasteiger partial charge in [0, 0.05) is 5.02 Å². The molecule has 3 N–H and O–H groups in total. The zero-order valence-corrected chi connectivity index (χ0v) is 12.6. The molecule has 1 aromatic carbocycles. The molecule has 21 heavy (non-hydrogen) atoms. The van der Waals surface area contributed by atoms with Gasteiger partial charge >= 0.3 is 0 Å². The molecular formula is C13H12ClN3O3S. The summed E-state index contributed by atoms with van der Waals surface area (Å²) in [4.78, 5) is 27.1. The Balaban J connectivity index is 1.97. The van der Waals surface area contributed by atoms with E-state index in [0.29, 0.717) is 10.8 Å². The van der Waals surface area contributed by atoms with Crippen LogP contribution >= 0.6 is 22.9 Å². The number of rotatable bonds is 5. The van der Waals surface area contributed by atoms with Gasteiger partial charge in [0.2, 0.25) is 0 Å². The summed E-state index contributed by atoms with van der Waals surface area (Å²) in [5.41, 5.74) is 5.12. The van der Waals surface area contributed by atoms with Crippen LogP contribution in [0.1, 0.15) is 16.6 Å². The van der Waals surface area contributed by atoms with Crippen LogP contribution in [0.15, 0.2) is 30.5 Å². The third kappa shape index (κ3) is 4.17. The molecule has 6 nitrogen and oxygen atoms in total. The zero-order valence-electron chi connectivity index (χ0n) is 11.0. The van der Waals surface area contributed by atoms with Crippen LogP contribution in [0, 0.1) is 0 Å². The van der Waals surface area contributed by atoms with Gasteiger partial charge in [0.15, 0.2) is 11.2 Å². The van der Waals surface area contributed by atoms with Crippen molar-refractivity contribution in [2.75, 3.05) is 5.32 Å². The minimum Gasteiger partial charge on any atom is -0.481 e. The number of aromatic nitrogens is 1. The number of ether oxygens (including phenoxy) is 1. The number of thiazole rings is 1. The number of benzene rings is 1. The molecular weight excluding hydrogens is 314 g/mol.